The van der Waals surface area contributed by atoms with Gasteiger partial charge in [-0.3, -0.25) is 4.99 Å². The fourth-order valence-electron chi connectivity index (χ4n) is 3.20. The van der Waals surface area contributed by atoms with Crippen LogP contribution in [0.25, 0.3) is 0 Å². The molecule has 3 rings (SSSR count). The number of hydrogen-bond donors (Lipinski definition) is 1. The van der Waals surface area contributed by atoms with Crippen LogP contribution in [0.3, 0.4) is 0 Å². The van der Waals surface area contributed by atoms with Crippen LogP contribution in [-0.2, 0) is 17.0 Å². The molecule has 0 heterocycles. The summed E-state index contributed by atoms with van der Waals surface area (Å²) >= 11 is -0.556. The van der Waals surface area contributed by atoms with Crippen molar-refractivity contribution in [2.24, 2.45) is 4.99 Å². The van der Waals surface area contributed by atoms with Crippen molar-refractivity contribution in [3.8, 4) is 5.75 Å². The zero-order valence-corrected chi connectivity index (χ0v) is 17.5. The number of phenols is 1. The van der Waals surface area contributed by atoms with Gasteiger partial charge >= 0.3 is 35.6 Å². The third kappa shape index (κ3) is 6.45. The molecular formula is C20H23Cl2NOTi. The first-order valence-electron chi connectivity index (χ1n) is 8.54. The van der Waals surface area contributed by atoms with Gasteiger partial charge in [0.05, 0.1) is 5.69 Å². The Balaban J connectivity index is 0.000000701. The van der Waals surface area contributed by atoms with Gasteiger partial charge in [-0.25, -0.2) is 0 Å². The minimum absolute atomic E-state index is 0.408. The van der Waals surface area contributed by atoms with Crippen LogP contribution in [0.1, 0.15) is 54.7 Å². The molecule has 2 aromatic rings. The van der Waals surface area contributed by atoms with Crippen molar-refractivity contribution >= 4 is 30.5 Å². The van der Waals surface area contributed by atoms with Crippen LogP contribution in [0.2, 0.25) is 0 Å². The minimum atomic E-state index is -0.556. The fraction of sp³-hybridized carbons (Fsp3) is 0.350. The summed E-state index contributed by atoms with van der Waals surface area (Å²) in [6, 6.07) is 14.1. The van der Waals surface area contributed by atoms with Crippen LogP contribution in [0, 0.1) is 6.92 Å². The van der Waals surface area contributed by atoms with Crippen molar-refractivity contribution in [3.05, 3.63) is 59.2 Å². The third-order valence-corrected chi connectivity index (χ3v) is 4.53. The number of para-hydroxylation sites is 1. The molecule has 0 saturated heterocycles. The first-order valence-corrected chi connectivity index (χ1v) is 12.8. The van der Waals surface area contributed by atoms with Crippen LogP contribution >= 0.6 is 18.6 Å². The second kappa shape index (κ2) is 11.0. The van der Waals surface area contributed by atoms with Crippen molar-refractivity contribution in [1.29, 1.82) is 0 Å². The second-order valence-electron chi connectivity index (χ2n) is 6.29. The molecule has 1 aliphatic carbocycles. The molecule has 2 aromatic carbocycles. The summed E-state index contributed by atoms with van der Waals surface area (Å²) in [6.07, 6.45) is 8.01. The van der Waals surface area contributed by atoms with E-state index < -0.39 is 17.0 Å². The monoisotopic (exact) mass is 411 g/mol. The molecule has 0 unspecified atom stereocenters. The van der Waals surface area contributed by atoms with Crippen LogP contribution in [0.4, 0.5) is 5.69 Å². The van der Waals surface area contributed by atoms with Crippen molar-refractivity contribution in [2.45, 2.75) is 44.9 Å². The van der Waals surface area contributed by atoms with Crippen molar-refractivity contribution in [1.82, 2.24) is 0 Å². The number of halogens is 2. The summed E-state index contributed by atoms with van der Waals surface area (Å²) < 4.78 is 0. The molecule has 1 aliphatic rings. The summed E-state index contributed by atoms with van der Waals surface area (Å²) in [6.45, 7) is 2.06. The maximum atomic E-state index is 10.6. The van der Waals surface area contributed by atoms with E-state index in [9.17, 15) is 5.11 Å². The third-order valence-electron chi connectivity index (χ3n) is 4.53. The number of rotatable bonds is 3. The van der Waals surface area contributed by atoms with E-state index in [1.807, 2.05) is 36.4 Å². The Kier molecular flexibility index (Phi) is 9.05. The molecule has 0 atom stereocenters. The number of phenolic OH excluding ortho intramolecular Hbond substituents is 1. The van der Waals surface area contributed by atoms with Crippen LogP contribution in [0.5, 0.6) is 5.75 Å². The average Bonchev–Trinajstić information content (AvgIpc) is 2.64. The number of nitrogens with zero attached hydrogens (tertiary/aromatic N) is 1. The predicted octanol–water partition coefficient (Wildman–Crippen LogP) is 6.88. The summed E-state index contributed by atoms with van der Waals surface area (Å²) in [5.41, 5.74) is 4.03. The number of aryl methyl sites for hydroxylation is 1. The van der Waals surface area contributed by atoms with Gasteiger partial charge in [-0.05, 0) is 49.4 Å². The molecule has 0 aromatic heterocycles. The van der Waals surface area contributed by atoms with Gasteiger partial charge in [0.25, 0.3) is 0 Å². The first-order chi connectivity index (χ1) is 12.2. The normalized spacial score (nSPS) is 14.8. The Labute approximate surface area is 167 Å². The van der Waals surface area contributed by atoms with Crippen molar-refractivity contribution in [2.75, 3.05) is 0 Å². The number of hydrogen-bond acceptors (Lipinski definition) is 2. The molecule has 5 heteroatoms. The quantitative estimate of drug-likeness (QED) is 0.433. The van der Waals surface area contributed by atoms with E-state index >= 15 is 0 Å². The number of benzene rings is 2. The molecule has 25 heavy (non-hydrogen) atoms. The molecule has 0 aliphatic heterocycles. The summed E-state index contributed by atoms with van der Waals surface area (Å²) in [5.74, 6) is 0.909. The van der Waals surface area contributed by atoms with Crippen molar-refractivity contribution in [3.63, 3.8) is 0 Å². The molecular weight excluding hydrogens is 389 g/mol. The second-order valence-corrected chi connectivity index (χ2v) is 8.86. The van der Waals surface area contributed by atoms with Crippen LogP contribution in [-0.4, -0.2) is 11.3 Å². The molecule has 2 nitrogen and oxygen atoms in total. The molecule has 0 amide bonds. The van der Waals surface area contributed by atoms with Crippen molar-refractivity contribution < 1.29 is 22.1 Å². The zero-order valence-electron chi connectivity index (χ0n) is 14.4. The van der Waals surface area contributed by atoms with Crippen LogP contribution in [0.15, 0.2) is 47.5 Å². The molecule has 1 fully saturated rings. The molecule has 1 N–H and O–H groups in total. The molecule has 0 bridgehead atoms. The Morgan fingerprint density at radius 3 is 2.32 bits per heavy atom. The molecule has 0 radical (unpaired) electrons. The van der Waals surface area contributed by atoms with Gasteiger partial charge in [0.1, 0.15) is 5.75 Å². The Bertz CT molecular complexity index is 683. The van der Waals surface area contributed by atoms with Gasteiger partial charge in [0.15, 0.2) is 0 Å². The van der Waals surface area contributed by atoms with E-state index in [1.165, 1.54) is 37.7 Å². The van der Waals surface area contributed by atoms with Gasteiger partial charge in [-0.2, -0.15) is 0 Å². The summed E-state index contributed by atoms with van der Waals surface area (Å²) in [4.78, 5) is 4.48. The Morgan fingerprint density at radius 1 is 1.04 bits per heavy atom. The van der Waals surface area contributed by atoms with E-state index in [0.29, 0.717) is 11.7 Å². The molecule has 1 saturated carbocycles. The summed E-state index contributed by atoms with van der Waals surface area (Å²) in [5, 5.41) is 10.6. The fourth-order valence-corrected chi connectivity index (χ4v) is 3.20. The van der Waals surface area contributed by atoms with Crippen LogP contribution < -0.4 is 0 Å². The van der Waals surface area contributed by atoms with Gasteiger partial charge < -0.3 is 5.11 Å². The first kappa shape index (κ1) is 20.5. The predicted molar refractivity (Wildman–Crippen MR) is 104 cm³/mol. The van der Waals surface area contributed by atoms with Gasteiger partial charge in [0.2, 0.25) is 0 Å². The van der Waals surface area contributed by atoms with E-state index in [1.54, 1.807) is 6.21 Å². The van der Waals surface area contributed by atoms with E-state index in [2.05, 4.69) is 18.0 Å². The summed E-state index contributed by atoms with van der Waals surface area (Å²) in [7, 11) is 9.78. The SMILES string of the molecule is Cc1ccc(N=Cc2cccc(C3CCCCC3)c2O)cc1.[Cl][Ti][Cl]. The molecule has 132 valence electrons. The standard InChI is InChI=1S/C20H23NO.2ClH.Ti/c1-15-10-12-18(13-11-15)21-14-17-8-5-9-19(20(17)22)16-6-3-2-4-7-16;;;/h5,8-14,16,22H,2-4,6-7H2,1H3;2*1H;/q;;;+2/p-2. The van der Waals surface area contributed by atoms with E-state index in [4.69, 9.17) is 18.6 Å². The van der Waals surface area contributed by atoms with Gasteiger partial charge in [-0.1, -0.05) is 49.1 Å². The Morgan fingerprint density at radius 2 is 1.68 bits per heavy atom. The van der Waals surface area contributed by atoms with Gasteiger partial charge in [0, 0.05) is 11.8 Å². The zero-order chi connectivity index (χ0) is 18.1. The van der Waals surface area contributed by atoms with E-state index in [-0.39, 0.29) is 0 Å². The topological polar surface area (TPSA) is 32.6 Å². The van der Waals surface area contributed by atoms with Gasteiger partial charge in [-0.15, -0.1) is 0 Å². The number of aliphatic imine (C=N–C) groups is 1. The van der Waals surface area contributed by atoms with E-state index in [0.717, 1.165) is 16.8 Å². The number of aromatic hydroxyl groups is 1. The Hall–Kier alpha value is -0.796. The average molecular weight is 412 g/mol. The molecule has 0 spiro atoms. The maximum absolute atomic E-state index is 10.6.